The number of aryl methyl sites for hydroxylation is 1. The van der Waals surface area contributed by atoms with Gasteiger partial charge in [0.1, 0.15) is 17.7 Å². The Morgan fingerprint density at radius 1 is 0.930 bits per heavy atom. The van der Waals surface area contributed by atoms with Crippen molar-refractivity contribution in [3.63, 3.8) is 0 Å². The number of esters is 1. The van der Waals surface area contributed by atoms with E-state index in [2.05, 4.69) is 17.6 Å². The van der Waals surface area contributed by atoms with E-state index in [1.807, 2.05) is 61.5 Å². The minimum absolute atomic E-state index is 0.0153. The molecule has 0 aromatic heterocycles. The number of nitrogens with zero attached hydrogens (tertiary/aromatic N) is 1. The van der Waals surface area contributed by atoms with E-state index < -0.39 is 41.6 Å². The van der Waals surface area contributed by atoms with Crippen LogP contribution in [0.2, 0.25) is 0 Å². The maximum atomic E-state index is 14.5. The second-order valence-electron chi connectivity index (χ2n) is 11.6. The van der Waals surface area contributed by atoms with Crippen molar-refractivity contribution in [3.8, 4) is 0 Å². The highest BCUT2D eigenvalue weighted by atomic mass is 16.6. The molecule has 2 aromatic rings. The van der Waals surface area contributed by atoms with E-state index >= 15 is 0 Å². The standard InChI is InChI=1S/C34H49N3O6/c1-7-9-10-14-22-37(30(27-19-15-16-25(3)23-27)31(39)35-21-20-29(38)42-8-2)32(40)28(24-26-17-12-11-13-18-26)36-33(41)43-34(4,5)6/h11-13,15-19,23,28,30H,7-10,14,20-22,24H2,1-6H3,(H,35,39)(H,36,41). The molecule has 43 heavy (non-hydrogen) atoms. The van der Waals surface area contributed by atoms with Gasteiger partial charge < -0.3 is 25.0 Å². The van der Waals surface area contributed by atoms with Gasteiger partial charge in [0.15, 0.2) is 0 Å². The van der Waals surface area contributed by atoms with Crippen molar-refractivity contribution in [3.05, 3.63) is 71.3 Å². The summed E-state index contributed by atoms with van der Waals surface area (Å²) in [7, 11) is 0. The number of benzene rings is 2. The quantitative estimate of drug-likeness (QED) is 0.192. The van der Waals surface area contributed by atoms with E-state index in [-0.39, 0.29) is 26.0 Å². The van der Waals surface area contributed by atoms with Crippen molar-refractivity contribution in [2.75, 3.05) is 19.7 Å². The van der Waals surface area contributed by atoms with Crippen molar-refractivity contribution in [2.24, 2.45) is 0 Å². The van der Waals surface area contributed by atoms with Gasteiger partial charge in [0.25, 0.3) is 0 Å². The summed E-state index contributed by atoms with van der Waals surface area (Å²) in [5.74, 6) is -1.21. The number of carbonyl (C=O) groups excluding carboxylic acids is 4. The average molecular weight is 596 g/mol. The molecule has 9 nitrogen and oxygen atoms in total. The molecular weight excluding hydrogens is 546 g/mol. The fraction of sp³-hybridized carbons (Fsp3) is 0.529. The minimum atomic E-state index is -0.983. The molecule has 2 unspecified atom stereocenters. The third-order valence-electron chi connectivity index (χ3n) is 6.66. The first-order valence-corrected chi connectivity index (χ1v) is 15.3. The van der Waals surface area contributed by atoms with Gasteiger partial charge in [-0.3, -0.25) is 14.4 Å². The van der Waals surface area contributed by atoms with E-state index in [0.29, 0.717) is 18.5 Å². The van der Waals surface area contributed by atoms with Crippen molar-refractivity contribution < 1.29 is 28.7 Å². The number of ether oxygens (including phenoxy) is 2. The van der Waals surface area contributed by atoms with Gasteiger partial charge in [-0.05, 0) is 52.2 Å². The molecule has 2 rings (SSSR count). The normalized spacial score (nSPS) is 12.5. The zero-order valence-corrected chi connectivity index (χ0v) is 26.6. The Hall–Kier alpha value is -3.88. The maximum Gasteiger partial charge on any atom is 0.408 e. The molecule has 3 amide bonds. The van der Waals surface area contributed by atoms with Crippen molar-refractivity contribution in [1.82, 2.24) is 15.5 Å². The average Bonchev–Trinajstić information content (AvgIpc) is 2.93. The van der Waals surface area contributed by atoms with Gasteiger partial charge in [-0.15, -0.1) is 0 Å². The Kier molecular flexibility index (Phi) is 14.7. The van der Waals surface area contributed by atoms with Crippen LogP contribution in [0.4, 0.5) is 4.79 Å². The summed E-state index contributed by atoms with van der Waals surface area (Å²) in [6.45, 7) is 11.7. The fourth-order valence-corrected chi connectivity index (χ4v) is 4.71. The third kappa shape index (κ3) is 12.9. The van der Waals surface area contributed by atoms with Crippen LogP contribution in [0.5, 0.6) is 0 Å². The molecule has 236 valence electrons. The van der Waals surface area contributed by atoms with Crippen LogP contribution in [0.25, 0.3) is 0 Å². The fourth-order valence-electron chi connectivity index (χ4n) is 4.71. The molecule has 2 N–H and O–H groups in total. The van der Waals surface area contributed by atoms with Gasteiger partial charge >= 0.3 is 12.1 Å². The van der Waals surface area contributed by atoms with Crippen LogP contribution >= 0.6 is 0 Å². The minimum Gasteiger partial charge on any atom is -0.466 e. The molecule has 0 spiro atoms. The number of nitrogens with one attached hydrogen (secondary N) is 2. The summed E-state index contributed by atoms with van der Waals surface area (Å²) in [4.78, 5) is 54.8. The molecule has 0 radical (unpaired) electrons. The number of unbranched alkanes of at least 4 members (excludes halogenated alkanes) is 3. The Balaban J connectivity index is 2.50. The molecule has 0 fully saturated rings. The predicted molar refractivity (Wildman–Crippen MR) is 167 cm³/mol. The van der Waals surface area contributed by atoms with Gasteiger partial charge in [0.2, 0.25) is 11.8 Å². The largest absolute Gasteiger partial charge is 0.466 e. The topological polar surface area (TPSA) is 114 Å². The lowest BCUT2D eigenvalue weighted by Gasteiger charge is -2.35. The number of rotatable bonds is 16. The highest BCUT2D eigenvalue weighted by Gasteiger charge is 2.36. The van der Waals surface area contributed by atoms with Crippen LogP contribution in [-0.2, 0) is 30.3 Å². The molecule has 2 aromatic carbocycles. The van der Waals surface area contributed by atoms with Gasteiger partial charge in [0, 0.05) is 19.5 Å². The van der Waals surface area contributed by atoms with Crippen LogP contribution in [0.1, 0.15) is 89.5 Å². The Morgan fingerprint density at radius 3 is 2.28 bits per heavy atom. The second-order valence-corrected chi connectivity index (χ2v) is 11.6. The molecule has 2 atom stereocenters. The number of hydrogen-bond acceptors (Lipinski definition) is 6. The Bertz CT molecular complexity index is 1180. The van der Waals surface area contributed by atoms with Crippen LogP contribution in [0.15, 0.2) is 54.6 Å². The number of amides is 3. The molecule has 0 heterocycles. The van der Waals surface area contributed by atoms with Crippen molar-refractivity contribution >= 4 is 23.9 Å². The van der Waals surface area contributed by atoms with E-state index in [1.165, 1.54) is 0 Å². The van der Waals surface area contributed by atoms with E-state index in [9.17, 15) is 19.2 Å². The molecular formula is C34H49N3O6. The summed E-state index contributed by atoms with van der Waals surface area (Å²) >= 11 is 0. The smallest absolute Gasteiger partial charge is 0.408 e. The summed E-state index contributed by atoms with van der Waals surface area (Å²) in [6, 6.07) is 14.9. The predicted octanol–water partition coefficient (Wildman–Crippen LogP) is 5.65. The van der Waals surface area contributed by atoms with Gasteiger partial charge in [-0.1, -0.05) is 86.3 Å². The summed E-state index contributed by atoms with van der Waals surface area (Å²) < 4.78 is 10.5. The third-order valence-corrected chi connectivity index (χ3v) is 6.66. The lowest BCUT2D eigenvalue weighted by Crippen LogP contribution is -2.54. The van der Waals surface area contributed by atoms with E-state index in [0.717, 1.165) is 30.4 Å². The molecule has 0 aliphatic heterocycles. The Morgan fingerprint density at radius 2 is 1.65 bits per heavy atom. The first-order valence-electron chi connectivity index (χ1n) is 15.3. The van der Waals surface area contributed by atoms with Crippen molar-refractivity contribution in [2.45, 2.75) is 97.8 Å². The van der Waals surface area contributed by atoms with Crippen molar-refractivity contribution in [1.29, 1.82) is 0 Å². The molecule has 0 saturated heterocycles. The first-order chi connectivity index (χ1) is 20.4. The highest BCUT2D eigenvalue weighted by Crippen LogP contribution is 2.25. The number of carbonyl (C=O) groups is 4. The maximum absolute atomic E-state index is 14.5. The molecule has 9 heteroatoms. The zero-order valence-electron chi connectivity index (χ0n) is 26.6. The highest BCUT2D eigenvalue weighted by molar-refractivity contribution is 5.92. The lowest BCUT2D eigenvalue weighted by atomic mass is 9.98. The van der Waals surface area contributed by atoms with Crippen LogP contribution in [0.3, 0.4) is 0 Å². The second kappa shape index (κ2) is 17.9. The van der Waals surface area contributed by atoms with Gasteiger partial charge in [-0.25, -0.2) is 4.79 Å². The van der Waals surface area contributed by atoms with Crippen LogP contribution < -0.4 is 10.6 Å². The lowest BCUT2D eigenvalue weighted by molar-refractivity contribution is -0.144. The summed E-state index contributed by atoms with van der Waals surface area (Å²) in [5, 5.41) is 5.63. The summed E-state index contributed by atoms with van der Waals surface area (Å²) in [6.07, 6.45) is 3.10. The molecule has 0 aliphatic carbocycles. The van der Waals surface area contributed by atoms with Crippen LogP contribution in [-0.4, -0.2) is 60.1 Å². The molecule has 0 aliphatic rings. The first kappa shape index (κ1) is 35.3. The Labute approximate surface area is 256 Å². The number of hydrogen-bond donors (Lipinski definition) is 2. The summed E-state index contributed by atoms with van der Waals surface area (Å²) in [5.41, 5.74) is 1.68. The molecule has 0 saturated carbocycles. The van der Waals surface area contributed by atoms with E-state index in [4.69, 9.17) is 9.47 Å². The van der Waals surface area contributed by atoms with Crippen LogP contribution in [0, 0.1) is 6.92 Å². The zero-order chi connectivity index (χ0) is 31.8. The van der Waals surface area contributed by atoms with E-state index in [1.54, 1.807) is 32.6 Å². The SMILES string of the molecule is CCCCCCN(C(=O)C(Cc1ccccc1)NC(=O)OC(C)(C)C)C(C(=O)NCCC(=O)OCC)c1cccc(C)c1. The molecule has 0 bridgehead atoms. The number of alkyl carbamates (subject to hydrolysis) is 1. The monoisotopic (exact) mass is 595 g/mol. The van der Waals surface area contributed by atoms with Gasteiger partial charge in [-0.2, -0.15) is 0 Å². The van der Waals surface area contributed by atoms with Gasteiger partial charge in [0.05, 0.1) is 13.0 Å².